The quantitative estimate of drug-likeness (QED) is 0.103. The number of epoxide rings is 1. The first-order valence-electron chi connectivity index (χ1n) is 17.3. The van der Waals surface area contributed by atoms with E-state index in [2.05, 4.69) is 85.8 Å². The topological polar surface area (TPSA) is 85.4 Å². The maximum absolute atomic E-state index is 12.5. The first kappa shape index (κ1) is 37.3. The Morgan fingerprint density at radius 2 is 1.58 bits per heavy atom. The van der Waals surface area contributed by atoms with Gasteiger partial charge < -0.3 is 19.3 Å². The molecule has 0 bridgehead atoms. The average molecular weight is 657 g/mol. The van der Waals surface area contributed by atoms with Crippen LogP contribution in [0.1, 0.15) is 101 Å². The molecule has 5 atom stereocenters. The highest BCUT2D eigenvalue weighted by atomic mass is 16.6. The summed E-state index contributed by atoms with van der Waals surface area (Å²) in [4.78, 5) is 24.1. The van der Waals surface area contributed by atoms with E-state index in [0.29, 0.717) is 30.1 Å². The minimum Gasteiger partial charge on any atom is -0.462 e. The third kappa shape index (κ3) is 8.75. The van der Waals surface area contributed by atoms with E-state index in [1.165, 1.54) is 12.5 Å². The number of fused-ring (bicyclic) bond motifs is 1. The van der Waals surface area contributed by atoms with Crippen LogP contribution >= 0.6 is 0 Å². The Morgan fingerprint density at radius 3 is 2.23 bits per heavy atom. The van der Waals surface area contributed by atoms with Crippen LogP contribution in [0.2, 0.25) is 0 Å². The maximum Gasteiger partial charge on any atom is 0.339 e. The van der Waals surface area contributed by atoms with Gasteiger partial charge >= 0.3 is 11.9 Å². The van der Waals surface area contributed by atoms with Crippen molar-refractivity contribution in [3.63, 3.8) is 0 Å². The molecule has 1 saturated carbocycles. The Kier molecular flexibility index (Phi) is 11.3. The molecule has 1 saturated heterocycles. The third-order valence-electron chi connectivity index (χ3n) is 10.5. The molecule has 2 heterocycles. The number of ether oxygens (including phenoxy) is 3. The molecule has 0 aromatic heterocycles. The zero-order chi connectivity index (χ0) is 35.5. The summed E-state index contributed by atoms with van der Waals surface area (Å²) in [6.07, 6.45) is 27.5. The number of carbonyl (C=O) groups excluding carboxylic acids is 2. The van der Waals surface area contributed by atoms with Crippen molar-refractivity contribution < 1.29 is 28.9 Å². The van der Waals surface area contributed by atoms with Crippen molar-refractivity contribution in [2.24, 2.45) is 16.7 Å². The SMILES string of the molecule is CC(=O)O[C@H]1CC(C)(C)[C@]2(/C=C/C(C)=C/C=C/C(C)=C/C=C/C=C(C)/C=C3/C=C(CC[C@H]4C(C)=C[C@H](O)CC4(C)C)C(=O)O3)O[C@]2(C)C1. The van der Waals surface area contributed by atoms with E-state index in [9.17, 15) is 14.7 Å². The number of cyclic esters (lactones) is 1. The summed E-state index contributed by atoms with van der Waals surface area (Å²) >= 11 is 0. The Hall–Kier alpha value is -3.48. The van der Waals surface area contributed by atoms with Gasteiger partial charge in [0.2, 0.25) is 0 Å². The second-order valence-electron chi connectivity index (χ2n) is 15.8. The number of esters is 2. The van der Waals surface area contributed by atoms with E-state index in [1.54, 1.807) is 0 Å². The summed E-state index contributed by atoms with van der Waals surface area (Å²) in [5, 5.41) is 10.1. The third-order valence-corrected chi connectivity index (χ3v) is 10.5. The number of allylic oxidation sites excluding steroid dienone is 14. The number of hydrogen-bond acceptors (Lipinski definition) is 6. The second kappa shape index (κ2) is 14.6. The number of hydrogen-bond donors (Lipinski definition) is 1. The van der Waals surface area contributed by atoms with Gasteiger partial charge in [0, 0.05) is 24.3 Å². The molecule has 0 spiro atoms. The van der Waals surface area contributed by atoms with Crippen LogP contribution < -0.4 is 0 Å². The molecule has 2 aliphatic heterocycles. The molecular weight excluding hydrogens is 600 g/mol. The van der Waals surface area contributed by atoms with Crippen LogP contribution in [0.5, 0.6) is 0 Å². The van der Waals surface area contributed by atoms with Crippen molar-refractivity contribution in [2.75, 3.05) is 0 Å². The molecule has 0 amide bonds. The highest BCUT2D eigenvalue weighted by Crippen LogP contribution is 2.66. The fourth-order valence-electron chi connectivity index (χ4n) is 8.13. The van der Waals surface area contributed by atoms with E-state index in [4.69, 9.17) is 14.2 Å². The van der Waals surface area contributed by atoms with E-state index in [0.717, 1.165) is 36.0 Å². The van der Waals surface area contributed by atoms with Crippen LogP contribution in [0.3, 0.4) is 0 Å². The lowest BCUT2D eigenvalue weighted by Crippen LogP contribution is -2.47. The largest absolute Gasteiger partial charge is 0.462 e. The zero-order valence-corrected chi connectivity index (χ0v) is 30.7. The van der Waals surface area contributed by atoms with Gasteiger partial charge in [-0.2, -0.15) is 0 Å². The monoisotopic (exact) mass is 656 g/mol. The van der Waals surface area contributed by atoms with Crippen LogP contribution in [-0.2, 0) is 23.8 Å². The van der Waals surface area contributed by atoms with Gasteiger partial charge in [0.15, 0.2) is 0 Å². The van der Waals surface area contributed by atoms with Crippen LogP contribution in [0.25, 0.3) is 0 Å². The normalized spacial score (nSPS) is 32.9. The second-order valence-corrected chi connectivity index (χ2v) is 15.8. The molecule has 0 radical (unpaired) electrons. The Morgan fingerprint density at radius 1 is 0.938 bits per heavy atom. The van der Waals surface area contributed by atoms with Crippen molar-refractivity contribution in [2.45, 2.75) is 125 Å². The molecule has 1 N–H and O–H groups in total. The Bertz CT molecular complexity index is 1550. The van der Waals surface area contributed by atoms with Gasteiger partial charge in [-0.15, -0.1) is 0 Å². The zero-order valence-electron chi connectivity index (χ0n) is 30.7. The lowest BCUT2D eigenvalue weighted by Gasteiger charge is -2.40. The van der Waals surface area contributed by atoms with Gasteiger partial charge in [0.25, 0.3) is 0 Å². The fraction of sp³-hybridized carbons (Fsp3) is 0.524. The van der Waals surface area contributed by atoms with Gasteiger partial charge in [0.1, 0.15) is 23.1 Å². The van der Waals surface area contributed by atoms with Crippen molar-refractivity contribution in [1.29, 1.82) is 0 Å². The van der Waals surface area contributed by atoms with Crippen molar-refractivity contribution in [3.8, 4) is 0 Å². The predicted octanol–water partition coefficient (Wildman–Crippen LogP) is 9.27. The molecule has 2 fully saturated rings. The first-order valence-corrected chi connectivity index (χ1v) is 17.3. The van der Waals surface area contributed by atoms with Crippen LogP contribution in [0, 0.1) is 16.7 Å². The number of aliphatic hydroxyl groups excluding tert-OH is 1. The summed E-state index contributed by atoms with van der Waals surface area (Å²) in [7, 11) is 0. The highest BCUT2D eigenvalue weighted by Gasteiger charge is 2.75. The molecule has 6 heteroatoms. The molecular formula is C42H56O6. The number of carbonyl (C=O) groups is 2. The van der Waals surface area contributed by atoms with Gasteiger partial charge in [-0.1, -0.05) is 99.1 Å². The van der Waals surface area contributed by atoms with E-state index < -0.39 is 6.10 Å². The van der Waals surface area contributed by atoms with Crippen molar-refractivity contribution in [3.05, 3.63) is 107 Å². The van der Waals surface area contributed by atoms with Gasteiger partial charge in [-0.25, -0.2) is 4.79 Å². The summed E-state index contributed by atoms with van der Waals surface area (Å²) in [5.74, 6) is 0.394. The standard InChI is InChI=1S/C42H56O6/c1-28(16-13-17-29(2)20-21-42-40(8,9)26-36(46-32(5)43)27-41(42,10)48-42)14-11-12-15-30(3)22-35-24-33(38(45)47-35)18-19-37-31(4)23-34(44)25-39(37,6)7/h11-17,20-24,34,36-37,44H,18-19,25-27H2,1-10H3/b12-11+,16-13+,21-20+,28-14+,29-17+,30-15+,35-22-/t34-,36-,37-,41+,42-/m0/s1. The summed E-state index contributed by atoms with van der Waals surface area (Å²) < 4.78 is 17.4. The summed E-state index contributed by atoms with van der Waals surface area (Å²) in [5.41, 5.74) is 4.28. The average Bonchev–Trinajstić information content (AvgIpc) is 3.43. The smallest absolute Gasteiger partial charge is 0.339 e. The lowest BCUT2D eigenvalue weighted by atomic mass is 9.63. The predicted molar refractivity (Wildman–Crippen MR) is 193 cm³/mol. The van der Waals surface area contributed by atoms with Crippen LogP contribution in [0.15, 0.2) is 107 Å². The summed E-state index contributed by atoms with van der Waals surface area (Å²) in [6.45, 7) is 20.6. The molecule has 0 aromatic carbocycles. The molecule has 2 aliphatic carbocycles. The number of aliphatic hydroxyl groups is 1. The lowest BCUT2D eigenvalue weighted by molar-refractivity contribution is -0.149. The van der Waals surface area contributed by atoms with Crippen LogP contribution in [0.4, 0.5) is 0 Å². The highest BCUT2D eigenvalue weighted by molar-refractivity contribution is 5.92. The van der Waals surface area contributed by atoms with Gasteiger partial charge in [0.05, 0.1) is 6.10 Å². The Balaban J connectivity index is 1.28. The van der Waals surface area contributed by atoms with E-state index >= 15 is 0 Å². The molecule has 6 nitrogen and oxygen atoms in total. The van der Waals surface area contributed by atoms with Crippen molar-refractivity contribution in [1.82, 2.24) is 0 Å². The molecule has 4 rings (SSSR count). The fourth-order valence-corrected chi connectivity index (χ4v) is 8.13. The van der Waals surface area contributed by atoms with Crippen molar-refractivity contribution >= 4 is 11.9 Å². The van der Waals surface area contributed by atoms with E-state index in [1.807, 2.05) is 49.5 Å². The number of rotatable bonds is 11. The molecule has 260 valence electrons. The first-order chi connectivity index (χ1) is 22.4. The maximum atomic E-state index is 12.5. The molecule has 0 aromatic rings. The van der Waals surface area contributed by atoms with E-state index in [-0.39, 0.29) is 40.1 Å². The molecule has 0 unspecified atom stereocenters. The van der Waals surface area contributed by atoms with Crippen LogP contribution in [-0.4, -0.2) is 40.5 Å². The summed E-state index contributed by atoms with van der Waals surface area (Å²) in [6, 6.07) is 0. The minimum atomic E-state index is -0.391. The van der Waals surface area contributed by atoms with Gasteiger partial charge in [-0.3, -0.25) is 4.79 Å². The van der Waals surface area contributed by atoms with Gasteiger partial charge in [-0.05, 0) is 95.4 Å². The Labute approximate surface area is 288 Å². The molecule has 4 aliphatic rings. The molecule has 48 heavy (non-hydrogen) atoms. The minimum absolute atomic E-state index is 0.0112.